The Morgan fingerprint density at radius 1 is 1.23 bits per heavy atom. The molecule has 2 fully saturated rings. The summed E-state index contributed by atoms with van der Waals surface area (Å²) in [6, 6.07) is 6.60. The average Bonchev–Trinajstić information content (AvgIpc) is 2.98. The third-order valence-electron chi connectivity index (χ3n) is 4.93. The molecule has 0 aliphatic carbocycles. The fourth-order valence-electron chi connectivity index (χ4n) is 3.49. The molecule has 8 heteroatoms. The van der Waals surface area contributed by atoms with Crippen molar-refractivity contribution >= 4 is 21.5 Å². The van der Waals surface area contributed by atoms with Gasteiger partial charge in [-0.25, -0.2) is 12.8 Å². The highest BCUT2D eigenvalue weighted by atomic mass is 32.2. The van der Waals surface area contributed by atoms with Crippen molar-refractivity contribution in [3.63, 3.8) is 0 Å². The van der Waals surface area contributed by atoms with Crippen LogP contribution in [0.25, 0.3) is 0 Å². The maximum atomic E-state index is 13.1. The zero-order chi connectivity index (χ0) is 18.6. The second-order valence-corrected chi connectivity index (χ2v) is 9.14. The predicted octanol–water partition coefficient (Wildman–Crippen LogP) is 1.35. The largest absolute Gasteiger partial charge is 0.368 e. The molecule has 0 bridgehead atoms. The second-order valence-electron chi connectivity index (χ2n) is 6.91. The number of hydrogen-bond acceptors (Lipinski definition) is 4. The Balaban J connectivity index is 1.57. The van der Waals surface area contributed by atoms with Crippen LogP contribution in [0.2, 0.25) is 0 Å². The molecular weight excluding hydrogens is 355 g/mol. The Kier molecular flexibility index (Phi) is 6.01. The van der Waals surface area contributed by atoms with Gasteiger partial charge in [-0.2, -0.15) is 0 Å². The van der Waals surface area contributed by atoms with Crippen LogP contribution in [0.1, 0.15) is 13.3 Å². The molecule has 0 spiro atoms. The highest BCUT2D eigenvalue weighted by Crippen LogP contribution is 2.19. The average molecular weight is 383 g/mol. The first-order chi connectivity index (χ1) is 12.5. The number of nitrogens with one attached hydrogen (secondary N) is 1. The van der Waals surface area contributed by atoms with Crippen LogP contribution in [-0.2, 0) is 9.84 Å². The number of halogens is 1. The monoisotopic (exact) mass is 382 g/mol. The third-order valence-corrected chi connectivity index (χ3v) is 6.77. The van der Waals surface area contributed by atoms with Crippen LogP contribution < -0.4 is 10.2 Å². The molecule has 3 rings (SSSR count). The molecule has 1 unspecified atom stereocenters. The number of hydrogen-bond donors (Lipinski definition) is 1. The van der Waals surface area contributed by atoms with E-state index in [0.717, 1.165) is 44.4 Å². The van der Waals surface area contributed by atoms with Gasteiger partial charge in [0.1, 0.15) is 5.82 Å². The minimum absolute atomic E-state index is 0.133. The van der Waals surface area contributed by atoms with Crippen molar-refractivity contribution < 1.29 is 12.8 Å². The van der Waals surface area contributed by atoms with Crippen LogP contribution >= 0.6 is 0 Å². The molecule has 2 aliphatic heterocycles. The molecule has 1 N–H and O–H groups in total. The molecule has 0 radical (unpaired) electrons. The molecular formula is C18H27FN4O2S. The maximum absolute atomic E-state index is 13.1. The van der Waals surface area contributed by atoms with E-state index in [-0.39, 0.29) is 17.5 Å². The first-order valence-corrected chi connectivity index (χ1v) is 11.0. The number of benzene rings is 1. The molecule has 0 aromatic heterocycles. The van der Waals surface area contributed by atoms with E-state index in [0.29, 0.717) is 18.7 Å². The van der Waals surface area contributed by atoms with Crippen LogP contribution in [0, 0.1) is 11.7 Å². The number of rotatable bonds is 4. The van der Waals surface area contributed by atoms with E-state index in [1.165, 1.54) is 12.1 Å². The smallest absolute Gasteiger partial charge is 0.194 e. The number of piperazine rings is 1. The van der Waals surface area contributed by atoms with Crippen LogP contribution in [0.15, 0.2) is 29.3 Å². The fraction of sp³-hybridized carbons (Fsp3) is 0.611. The van der Waals surface area contributed by atoms with Crippen molar-refractivity contribution in [2.24, 2.45) is 10.9 Å². The first-order valence-electron chi connectivity index (χ1n) is 9.21. The Morgan fingerprint density at radius 2 is 1.92 bits per heavy atom. The molecule has 0 saturated carbocycles. The number of sulfone groups is 1. The quantitative estimate of drug-likeness (QED) is 0.629. The van der Waals surface area contributed by atoms with E-state index >= 15 is 0 Å². The van der Waals surface area contributed by atoms with Gasteiger partial charge in [0, 0.05) is 45.0 Å². The van der Waals surface area contributed by atoms with Gasteiger partial charge in [0.2, 0.25) is 0 Å². The number of anilines is 1. The molecule has 2 heterocycles. The van der Waals surface area contributed by atoms with E-state index < -0.39 is 9.84 Å². The zero-order valence-electron chi connectivity index (χ0n) is 15.2. The van der Waals surface area contributed by atoms with Gasteiger partial charge in [-0.15, -0.1) is 0 Å². The highest BCUT2D eigenvalue weighted by molar-refractivity contribution is 7.91. The Hall–Kier alpha value is -1.83. The topological polar surface area (TPSA) is 65.0 Å². The van der Waals surface area contributed by atoms with Gasteiger partial charge in [0.15, 0.2) is 15.8 Å². The SMILES string of the molecule is CCNC(=NCC1CCS(=O)(=O)C1)N1CCN(c2ccc(F)cc2)CC1. The van der Waals surface area contributed by atoms with Crippen molar-refractivity contribution in [2.45, 2.75) is 13.3 Å². The van der Waals surface area contributed by atoms with Gasteiger partial charge in [-0.1, -0.05) is 0 Å². The Bertz CT molecular complexity index is 728. The summed E-state index contributed by atoms with van der Waals surface area (Å²) in [5.41, 5.74) is 1.03. The third kappa shape index (κ3) is 4.87. The summed E-state index contributed by atoms with van der Waals surface area (Å²) in [5.74, 6) is 1.32. The van der Waals surface area contributed by atoms with Crippen LogP contribution in [-0.4, -0.2) is 70.1 Å². The predicted molar refractivity (Wildman–Crippen MR) is 103 cm³/mol. The van der Waals surface area contributed by atoms with E-state index in [2.05, 4.69) is 15.1 Å². The number of aliphatic imine (C=N–C) groups is 1. The lowest BCUT2D eigenvalue weighted by molar-refractivity contribution is 0.371. The van der Waals surface area contributed by atoms with Gasteiger partial charge in [-0.3, -0.25) is 4.99 Å². The zero-order valence-corrected chi connectivity index (χ0v) is 16.0. The lowest BCUT2D eigenvalue weighted by Gasteiger charge is -2.37. The van der Waals surface area contributed by atoms with Crippen molar-refractivity contribution in [3.8, 4) is 0 Å². The summed E-state index contributed by atoms with van der Waals surface area (Å²) >= 11 is 0. The van der Waals surface area contributed by atoms with Gasteiger partial charge in [-0.05, 0) is 43.5 Å². The summed E-state index contributed by atoms with van der Waals surface area (Å²) in [7, 11) is -2.86. The highest BCUT2D eigenvalue weighted by Gasteiger charge is 2.28. The van der Waals surface area contributed by atoms with Crippen LogP contribution in [0.5, 0.6) is 0 Å². The fourth-order valence-corrected chi connectivity index (χ4v) is 5.34. The molecule has 144 valence electrons. The van der Waals surface area contributed by atoms with E-state index in [1.54, 1.807) is 0 Å². The Morgan fingerprint density at radius 3 is 2.50 bits per heavy atom. The molecule has 2 aliphatic rings. The molecule has 1 aromatic rings. The minimum Gasteiger partial charge on any atom is -0.368 e. The van der Waals surface area contributed by atoms with Gasteiger partial charge >= 0.3 is 0 Å². The minimum atomic E-state index is -2.86. The van der Waals surface area contributed by atoms with E-state index in [4.69, 9.17) is 4.99 Å². The van der Waals surface area contributed by atoms with Gasteiger partial charge in [0.25, 0.3) is 0 Å². The standard InChI is InChI=1S/C18H27FN4O2S/c1-2-20-18(21-13-15-7-12-26(24,25)14-15)23-10-8-22(9-11-23)17-5-3-16(19)4-6-17/h3-6,15H,2,7-14H2,1H3,(H,20,21). The molecule has 1 aromatic carbocycles. The van der Waals surface area contributed by atoms with Crippen molar-refractivity contribution in [1.82, 2.24) is 10.2 Å². The molecule has 0 amide bonds. The normalized spacial score (nSPS) is 23.3. The van der Waals surface area contributed by atoms with Crippen LogP contribution in [0.3, 0.4) is 0 Å². The van der Waals surface area contributed by atoms with E-state index in [1.807, 2.05) is 19.1 Å². The lowest BCUT2D eigenvalue weighted by Crippen LogP contribution is -2.52. The summed E-state index contributed by atoms with van der Waals surface area (Å²) in [6.45, 7) is 6.70. The molecule has 26 heavy (non-hydrogen) atoms. The van der Waals surface area contributed by atoms with Crippen LogP contribution in [0.4, 0.5) is 10.1 Å². The first kappa shape index (κ1) is 18.9. The van der Waals surface area contributed by atoms with Crippen molar-refractivity contribution in [1.29, 1.82) is 0 Å². The summed E-state index contributed by atoms with van der Waals surface area (Å²) in [4.78, 5) is 9.15. The van der Waals surface area contributed by atoms with E-state index in [9.17, 15) is 12.8 Å². The van der Waals surface area contributed by atoms with Crippen molar-refractivity contribution in [2.75, 3.05) is 55.7 Å². The van der Waals surface area contributed by atoms with Crippen molar-refractivity contribution in [3.05, 3.63) is 30.1 Å². The number of nitrogens with zero attached hydrogens (tertiary/aromatic N) is 3. The molecule has 1 atom stereocenters. The summed E-state index contributed by atoms with van der Waals surface area (Å²) < 4.78 is 36.3. The van der Waals surface area contributed by atoms with Gasteiger partial charge in [0.05, 0.1) is 11.5 Å². The summed E-state index contributed by atoms with van der Waals surface area (Å²) in [5, 5.41) is 3.32. The second kappa shape index (κ2) is 8.24. The Labute approximate surface area is 155 Å². The maximum Gasteiger partial charge on any atom is 0.194 e. The molecule has 2 saturated heterocycles. The number of guanidine groups is 1. The van der Waals surface area contributed by atoms with Gasteiger partial charge < -0.3 is 15.1 Å². The lowest BCUT2D eigenvalue weighted by atomic mass is 10.1. The summed E-state index contributed by atoms with van der Waals surface area (Å²) in [6.07, 6.45) is 0.712. The molecule has 6 nitrogen and oxygen atoms in total.